The van der Waals surface area contributed by atoms with Crippen molar-refractivity contribution in [2.24, 2.45) is 0 Å². The Labute approximate surface area is 122 Å². The fraction of sp³-hybridized carbons (Fsp3) is 0. The van der Waals surface area contributed by atoms with E-state index in [1.54, 1.807) is 0 Å². The maximum absolute atomic E-state index is 10.9. The van der Waals surface area contributed by atoms with Crippen molar-refractivity contribution in [1.82, 2.24) is 9.78 Å². The number of hydrogen-bond donors (Lipinski definition) is 2. The van der Waals surface area contributed by atoms with E-state index in [-0.39, 0.29) is 11.4 Å². The number of benzene rings is 2. The summed E-state index contributed by atoms with van der Waals surface area (Å²) in [5.74, 6) is -1.62. The van der Waals surface area contributed by atoms with Gasteiger partial charge in [0.2, 0.25) is 5.69 Å². The number of halogens is 1. The van der Waals surface area contributed by atoms with E-state index < -0.39 is 5.97 Å². The lowest BCUT2D eigenvalue weighted by Gasteiger charge is -2.07. The summed E-state index contributed by atoms with van der Waals surface area (Å²) < 4.78 is 2.31. The molecule has 1 heterocycles. The number of carboxylic acid groups (broad SMARTS) is 1. The molecule has 0 unspecified atom stereocenters. The van der Waals surface area contributed by atoms with Crippen LogP contribution in [-0.4, -0.2) is 26.0 Å². The van der Waals surface area contributed by atoms with Gasteiger partial charge in [0.05, 0.1) is 11.9 Å². The second kappa shape index (κ2) is 4.64. The third kappa shape index (κ3) is 1.94. The zero-order valence-corrected chi connectivity index (χ0v) is 11.7. The molecule has 6 heteroatoms. The molecule has 0 saturated carbocycles. The van der Waals surface area contributed by atoms with Gasteiger partial charge in [0.1, 0.15) is 0 Å². The number of carbonyl (C=O) groups is 1. The number of rotatable bonds is 2. The van der Waals surface area contributed by atoms with Gasteiger partial charge in [0.15, 0.2) is 5.75 Å². The minimum absolute atomic E-state index is 0.357. The highest BCUT2D eigenvalue weighted by Gasteiger charge is 2.16. The summed E-state index contributed by atoms with van der Waals surface area (Å²) in [4.78, 5) is 10.9. The van der Waals surface area contributed by atoms with Crippen molar-refractivity contribution in [3.05, 3.63) is 52.8 Å². The van der Waals surface area contributed by atoms with Gasteiger partial charge in [-0.05, 0) is 17.5 Å². The van der Waals surface area contributed by atoms with E-state index in [2.05, 4.69) is 21.0 Å². The topological polar surface area (TPSA) is 75.3 Å². The maximum Gasteiger partial charge on any atom is 0.360 e. The summed E-state index contributed by atoms with van der Waals surface area (Å²) >= 11 is 3.47. The average Bonchev–Trinajstić information content (AvgIpc) is 2.81. The summed E-state index contributed by atoms with van der Waals surface area (Å²) in [7, 11) is 0. The molecule has 0 aliphatic carbocycles. The third-order valence-corrected chi connectivity index (χ3v) is 3.68. The molecule has 20 heavy (non-hydrogen) atoms. The van der Waals surface area contributed by atoms with Gasteiger partial charge >= 0.3 is 5.97 Å². The number of aromatic hydroxyl groups is 1. The van der Waals surface area contributed by atoms with Crippen LogP contribution >= 0.6 is 15.9 Å². The first-order valence-corrected chi connectivity index (χ1v) is 6.57. The van der Waals surface area contributed by atoms with Gasteiger partial charge in [0.25, 0.3) is 0 Å². The monoisotopic (exact) mass is 332 g/mol. The predicted molar refractivity (Wildman–Crippen MR) is 77.4 cm³/mol. The second-order valence-corrected chi connectivity index (χ2v) is 5.08. The van der Waals surface area contributed by atoms with E-state index in [0.29, 0.717) is 5.69 Å². The Hall–Kier alpha value is -2.34. The fourth-order valence-electron chi connectivity index (χ4n) is 2.09. The summed E-state index contributed by atoms with van der Waals surface area (Å²) in [5.41, 5.74) is 0.337. The molecule has 2 aromatic carbocycles. The van der Waals surface area contributed by atoms with Gasteiger partial charge in [-0.15, -0.1) is 0 Å². The summed E-state index contributed by atoms with van der Waals surface area (Å²) in [5, 5.41) is 24.4. The lowest BCUT2D eigenvalue weighted by atomic mass is 10.1. The quantitative estimate of drug-likeness (QED) is 0.755. The maximum atomic E-state index is 10.9. The van der Waals surface area contributed by atoms with Crippen LogP contribution < -0.4 is 0 Å². The molecule has 3 aromatic rings. The zero-order valence-electron chi connectivity index (χ0n) is 10.1. The molecule has 0 spiro atoms. The Bertz CT molecular complexity index is 826. The highest BCUT2D eigenvalue weighted by atomic mass is 79.9. The van der Waals surface area contributed by atoms with Crippen LogP contribution in [0.5, 0.6) is 5.75 Å². The molecular weight excluding hydrogens is 324 g/mol. The van der Waals surface area contributed by atoms with Crippen LogP contribution in [0.25, 0.3) is 16.5 Å². The molecule has 5 nitrogen and oxygen atoms in total. The van der Waals surface area contributed by atoms with Crippen LogP contribution in [0, 0.1) is 0 Å². The van der Waals surface area contributed by atoms with E-state index in [4.69, 9.17) is 5.11 Å². The van der Waals surface area contributed by atoms with Gasteiger partial charge in [-0.3, -0.25) is 0 Å². The number of aromatic carboxylic acids is 1. The van der Waals surface area contributed by atoms with Crippen molar-refractivity contribution in [2.45, 2.75) is 0 Å². The first-order valence-electron chi connectivity index (χ1n) is 5.77. The Kier molecular flexibility index (Phi) is 2.94. The highest BCUT2D eigenvalue weighted by Crippen LogP contribution is 2.30. The van der Waals surface area contributed by atoms with Crippen molar-refractivity contribution in [3.8, 4) is 11.4 Å². The summed E-state index contributed by atoms with van der Waals surface area (Å²) in [6, 6.07) is 11.3. The Morgan fingerprint density at radius 2 is 1.85 bits per heavy atom. The van der Waals surface area contributed by atoms with Crippen molar-refractivity contribution >= 4 is 32.7 Å². The first-order chi connectivity index (χ1) is 9.58. The number of fused-ring (bicyclic) bond motifs is 1. The molecule has 2 N–H and O–H groups in total. The predicted octanol–water partition coefficient (Wildman–Crippen LogP) is 3.19. The lowest BCUT2D eigenvalue weighted by molar-refractivity contribution is 0.0687. The normalized spacial score (nSPS) is 10.8. The highest BCUT2D eigenvalue weighted by molar-refractivity contribution is 9.10. The Morgan fingerprint density at radius 3 is 2.50 bits per heavy atom. The molecule has 0 bridgehead atoms. The molecule has 1 aromatic heterocycles. The minimum atomic E-state index is -1.26. The molecule has 0 aliphatic rings. The standard InChI is InChI=1S/C14H9BrN2O3/c15-10-5-6-11(9-4-2-1-3-8(9)10)17-7-12(18)13(16-17)14(19)20/h1-7,18H,(H,19,20). The van der Waals surface area contributed by atoms with Crippen molar-refractivity contribution < 1.29 is 15.0 Å². The van der Waals surface area contributed by atoms with Crippen LogP contribution in [-0.2, 0) is 0 Å². The molecule has 100 valence electrons. The van der Waals surface area contributed by atoms with Crippen LogP contribution in [0.3, 0.4) is 0 Å². The number of nitrogens with zero attached hydrogens (tertiary/aromatic N) is 2. The molecule has 0 aliphatic heterocycles. The van der Waals surface area contributed by atoms with E-state index >= 15 is 0 Å². The van der Waals surface area contributed by atoms with E-state index in [0.717, 1.165) is 15.2 Å². The molecule has 0 fully saturated rings. The van der Waals surface area contributed by atoms with Crippen LogP contribution in [0.15, 0.2) is 47.1 Å². The van der Waals surface area contributed by atoms with Crippen molar-refractivity contribution in [3.63, 3.8) is 0 Å². The molecule has 3 rings (SSSR count). The Balaban J connectivity index is 2.28. The average molecular weight is 333 g/mol. The fourth-order valence-corrected chi connectivity index (χ4v) is 2.56. The van der Waals surface area contributed by atoms with Crippen molar-refractivity contribution in [2.75, 3.05) is 0 Å². The SMILES string of the molecule is O=C(O)c1nn(-c2ccc(Br)c3ccccc23)cc1O. The van der Waals surface area contributed by atoms with Crippen LogP contribution in [0.2, 0.25) is 0 Å². The number of carboxylic acids is 1. The third-order valence-electron chi connectivity index (χ3n) is 2.99. The van der Waals surface area contributed by atoms with Gasteiger partial charge in [-0.25, -0.2) is 9.48 Å². The van der Waals surface area contributed by atoms with E-state index in [1.165, 1.54) is 10.9 Å². The number of aromatic nitrogens is 2. The van der Waals surface area contributed by atoms with Crippen LogP contribution in [0.1, 0.15) is 10.5 Å². The smallest absolute Gasteiger partial charge is 0.360 e. The second-order valence-electron chi connectivity index (χ2n) is 4.22. The van der Waals surface area contributed by atoms with Gasteiger partial charge < -0.3 is 10.2 Å². The van der Waals surface area contributed by atoms with Gasteiger partial charge in [-0.2, -0.15) is 5.10 Å². The van der Waals surface area contributed by atoms with E-state index in [9.17, 15) is 9.90 Å². The molecule has 0 amide bonds. The molecular formula is C14H9BrN2O3. The lowest BCUT2D eigenvalue weighted by Crippen LogP contribution is -2.01. The molecule has 0 saturated heterocycles. The summed E-state index contributed by atoms with van der Waals surface area (Å²) in [6.45, 7) is 0. The van der Waals surface area contributed by atoms with Crippen LogP contribution in [0.4, 0.5) is 0 Å². The van der Waals surface area contributed by atoms with Gasteiger partial charge in [-0.1, -0.05) is 40.2 Å². The zero-order chi connectivity index (χ0) is 14.3. The molecule has 0 atom stereocenters. The first kappa shape index (κ1) is 12.7. The number of hydrogen-bond acceptors (Lipinski definition) is 3. The minimum Gasteiger partial charge on any atom is -0.504 e. The van der Waals surface area contributed by atoms with Gasteiger partial charge in [0, 0.05) is 9.86 Å². The summed E-state index contributed by atoms with van der Waals surface area (Å²) in [6.07, 6.45) is 1.29. The molecule has 0 radical (unpaired) electrons. The van der Waals surface area contributed by atoms with Crippen molar-refractivity contribution in [1.29, 1.82) is 0 Å². The largest absolute Gasteiger partial charge is 0.504 e. The van der Waals surface area contributed by atoms with E-state index in [1.807, 2.05) is 36.4 Å². The Morgan fingerprint density at radius 1 is 1.15 bits per heavy atom.